The summed E-state index contributed by atoms with van der Waals surface area (Å²) in [5, 5.41) is 9.22. The molecule has 0 aromatic rings. The quantitative estimate of drug-likeness (QED) is 0.236. The number of carbonyl (C=O) groups excluding carboxylic acids is 1. The molecule has 1 atom stereocenters. The third-order valence-corrected chi connectivity index (χ3v) is 3.75. The maximum atomic E-state index is 10.5. The normalized spacial score (nSPS) is 12.2. The van der Waals surface area contributed by atoms with Crippen LogP contribution in [-0.2, 0) is 4.74 Å². The van der Waals surface area contributed by atoms with Crippen LogP contribution in [0.5, 0.6) is 0 Å². The molecular formula is C6H10I2NO3-. The van der Waals surface area contributed by atoms with Crippen molar-refractivity contribution in [3.63, 3.8) is 0 Å². The minimum absolute atomic E-state index is 0.0793. The second-order valence-electron chi connectivity index (χ2n) is 1.72. The maximum absolute atomic E-state index is 10.5. The molecule has 12 heavy (non-hydrogen) atoms. The van der Waals surface area contributed by atoms with Crippen molar-refractivity contribution in [1.82, 2.24) is 3.53 Å². The summed E-state index contributed by atoms with van der Waals surface area (Å²) in [6, 6.07) is 0. The van der Waals surface area contributed by atoms with E-state index in [0.717, 1.165) is 4.43 Å². The summed E-state index contributed by atoms with van der Waals surface area (Å²) < 4.78 is 7.24. The van der Waals surface area contributed by atoms with E-state index in [-0.39, 0.29) is 27.8 Å². The molecule has 72 valence electrons. The van der Waals surface area contributed by atoms with Crippen molar-refractivity contribution >= 4 is 29.0 Å². The SMILES string of the molecule is C=CC[I-]C(O)COC(=O)NI. The molecule has 0 aromatic heterocycles. The Morgan fingerprint density at radius 3 is 3.08 bits per heavy atom. The first-order chi connectivity index (χ1) is 5.70. The second-order valence-corrected chi connectivity index (χ2v) is 5.46. The molecule has 0 fully saturated rings. The van der Waals surface area contributed by atoms with Crippen molar-refractivity contribution in [2.24, 2.45) is 0 Å². The molecule has 0 saturated carbocycles. The number of carbonyl (C=O) groups is 1. The molecule has 4 nitrogen and oxygen atoms in total. The van der Waals surface area contributed by atoms with Crippen molar-refractivity contribution in [3.8, 4) is 0 Å². The Balaban J connectivity index is 3.36. The minimum atomic E-state index is -0.516. The van der Waals surface area contributed by atoms with Gasteiger partial charge >= 0.3 is 96.1 Å². The van der Waals surface area contributed by atoms with E-state index in [9.17, 15) is 9.90 Å². The Morgan fingerprint density at radius 1 is 1.92 bits per heavy atom. The van der Waals surface area contributed by atoms with Gasteiger partial charge in [0.15, 0.2) is 0 Å². The number of halogens is 2. The van der Waals surface area contributed by atoms with Gasteiger partial charge in [-0.3, -0.25) is 0 Å². The molecule has 1 amide bonds. The fraction of sp³-hybridized carbons (Fsp3) is 0.500. The third-order valence-electron chi connectivity index (χ3n) is 0.805. The number of aliphatic hydroxyl groups is 1. The van der Waals surface area contributed by atoms with E-state index >= 15 is 0 Å². The van der Waals surface area contributed by atoms with Gasteiger partial charge in [-0.1, -0.05) is 0 Å². The Morgan fingerprint density at radius 2 is 2.58 bits per heavy atom. The summed E-state index contributed by atoms with van der Waals surface area (Å²) in [6.07, 6.45) is 1.24. The fourth-order valence-corrected chi connectivity index (χ4v) is 1.92. The standard InChI is InChI=1S/C6H10I2NO3/c1-2-3-8-5(10)4-12-6(11)9-7/h2,5,10H,1,3-4H2,(H,9,11)/q-1. The van der Waals surface area contributed by atoms with Crippen LogP contribution in [0.2, 0.25) is 0 Å². The molecule has 0 spiro atoms. The Hall–Kier alpha value is 0.430. The third kappa shape index (κ3) is 7.10. The van der Waals surface area contributed by atoms with Gasteiger partial charge in [-0.2, -0.15) is 0 Å². The van der Waals surface area contributed by atoms with E-state index in [2.05, 4.69) is 14.8 Å². The molecule has 0 aliphatic rings. The van der Waals surface area contributed by atoms with Gasteiger partial charge in [0.05, 0.1) is 0 Å². The van der Waals surface area contributed by atoms with Gasteiger partial charge in [-0.05, 0) is 0 Å². The number of hydrogen-bond donors (Lipinski definition) is 2. The average Bonchev–Trinajstić information content (AvgIpc) is 2.10. The molecule has 0 radical (unpaired) electrons. The van der Waals surface area contributed by atoms with Gasteiger partial charge in [-0.15, -0.1) is 0 Å². The zero-order valence-electron chi connectivity index (χ0n) is 6.30. The summed E-state index contributed by atoms with van der Waals surface area (Å²) >= 11 is 1.33. The summed E-state index contributed by atoms with van der Waals surface area (Å²) in [5.41, 5.74) is 0. The van der Waals surface area contributed by atoms with Crippen molar-refractivity contribution in [2.75, 3.05) is 11.0 Å². The molecule has 0 aromatic carbocycles. The second kappa shape index (κ2) is 8.05. The summed E-state index contributed by atoms with van der Waals surface area (Å²) in [6.45, 7) is 3.62. The molecule has 0 rings (SSSR count). The zero-order valence-corrected chi connectivity index (χ0v) is 10.6. The number of hydrogen-bond acceptors (Lipinski definition) is 3. The number of aliphatic hydroxyl groups excluding tert-OH is 1. The summed E-state index contributed by atoms with van der Waals surface area (Å²) in [7, 11) is 0. The predicted octanol–water partition coefficient (Wildman–Crippen LogP) is -2.34. The van der Waals surface area contributed by atoms with Gasteiger partial charge in [0.2, 0.25) is 0 Å². The molecular weight excluding hydrogens is 388 g/mol. The van der Waals surface area contributed by atoms with Crippen LogP contribution in [0.1, 0.15) is 0 Å². The van der Waals surface area contributed by atoms with Crippen LogP contribution >= 0.6 is 22.9 Å². The molecule has 0 aliphatic heterocycles. The predicted molar refractivity (Wildman–Crippen MR) is 49.6 cm³/mol. The number of nitrogens with one attached hydrogen (secondary N) is 1. The van der Waals surface area contributed by atoms with Gasteiger partial charge in [-0.25, -0.2) is 0 Å². The van der Waals surface area contributed by atoms with Crippen molar-refractivity contribution in [1.29, 1.82) is 0 Å². The first-order valence-corrected chi connectivity index (χ1v) is 6.95. The number of alkyl halides is 2. The van der Waals surface area contributed by atoms with Crippen LogP contribution in [0.15, 0.2) is 12.7 Å². The van der Waals surface area contributed by atoms with Crippen molar-refractivity contribution in [2.45, 2.75) is 4.11 Å². The van der Waals surface area contributed by atoms with Crippen LogP contribution in [0.4, 0.5) is 4.79 Å². The number of ether oxygens (including phenoxy) is 1. The molecule has 0 bridgehead atoms. The zero-order chi connectivity index (χ0) is 9.40. The topological polar surface area (TPSA) is 58.6 Å². The van der Waals surface area contributed by atoms with Crippen molar-refractivity contribution in [3.05, 3.63) is 12.7 Å². The van der Waals surface area contributed by atoms with Crippen LogP contribution < -0.4 is 24.7 Å². The number of allylic oxidation sites excluding steroid dienone is 1. The van der Waals surface area contributed by atoms with Gasteiger partial charge in [0, 0.05) is 0 Å². The van der Waals surface area contributed by atoms with Gasteiger partial charge < -0.3 is 0 Å². The van der Waals surface area contributed by atoms with Crippen molar-refractivity contribution < 1.29 is 35.8 Å². The van der Waals surface area contributed by atoms with Crippen LogP contribution in [0.3, 0.4) is 0 Å². The Bertz CT molecular complexity index is 154. The van der Waals surface area contributed by atoms with E-state index in [1.807, 2.05) is 0 Å². The molecule has 6 heteroatoms. The molecule has 2 N–H and O–H groups in total. The number of amides is 1. The Labute approximate surface area is 95.5 Å². The van der Waals surface area contributed by atoms with Crippen LogP contribution in [0.25, 0.3) is 0 Å². The molecule has 0 heterocycles. The average molecular weight is 398 g/mol. The monoisotopic (exact) mass is 398 g/mol. The summed E-state index contributed by atoms with van der Waals surface area (Å²) in [5.74, 6) is 0. The first-order valence-electron chi connectivity index (χ1n) is 3.10. The molecule has 0 aliphatic carbocycles. The van der Waals surface area contributed by atoms with E-state index in [1.165, 1.54) is 0 Å². The fourth-order valence-electron chi connectivity index (χ4n) is 0.382. The summed E-state index contributed by atoms with van der Waals surface area (Å²) in [4.78, 5) is 10.5. The number of rotatable bonds is 5. The molecule has 0 saturated heterocycles. The molecule has 1 unspecified atom stereocenters. The van der Waals surface area contributed by atoms with Gasteiger partial charge in [0.25, 0.3) is 0 Å². The van der Waals surface area contributed by atoms with E-state index in [0.29, 0.717) is 0 Å². The van der Waals surface area contributed by atoms with E-state index < -0.39 is 10.2 Å². The van der Waals surface area contributed by atoms with Crippen LogP contribution in [-0.4, -0.2) is 26.3 Å². The van der Waals surface area contributed by atoms with Crippen LogP contribution in [0, 0.1) is 0 Å². The Kier molecular flexibility index (Phi) is 8.34. The first kappa shape index (κ1) is 12.4. The van der Waals surface area contributed by atoms with Gasteiger partial charge in [0.1, 0.15) is 0 Å². The van der Waals surface area contributed by atoms with E-state index in [1.54, 1.807) is 28.9 Å². The van der Waals surface area contributed by atoms with E-state index in [4.69, 9.17) is 0 Å².